The number of halogens is 1. The van der Waals surface area contributed by atoms with Gasteiger partial charge in [-0.3, -0.25) is 4.79 Å². The highest BCUT2D eigenvalue weighted by Gasteiger charge is 2.13. The second-order valence-corrected chi connectivity index (χ2v) is 5.69. The van der Waals surface area contributed by atoms with Gasteiger partial charge in [-0.25, -0.2) is 4.39 Å². The minimum Gasteiger partial charge on any atom is -0.469 e. The maximum Gasteiger partial charge on any atom is 0.305 e. The van der Waals surface area contributed by atoms with Crippen molar-refractivity contribution in [1.82, 2.24) is 0 Å². The smallest absolute Gasteiger partial charge is 0.305 e. The highest BCUT2D eigenvalue weighted by molar-refractivity contribution is 5.69. The van der Waals surface area contributed by atoms with Crippen LogP contribution in [0.5, 0.6) is 0 Å². The molecular formula is C19H20FN3O2. The van der Waals surface area contributed by atoms with Gasteiger partial charge in [0, 0.05) is 11.3 Å². The van der Waals surface area contributed by atoms with Gasteiger partial charge in [0.15, 0.2) is 0 Å². The highest BCUT2D eigenvalue weighted by atomic mass is 19.1. The third-order valence-electron chi connectivity index (χ3n) is 4.00. The first-order valence-corrected chi connectivity index (χ1v) is 8.07. The summed E-state index contributed by atoms with van der Waals surface area (Å²) in [6.45, 7) is 0. The van der Waals surface area contributed by atoms with E-state index in [4.69, 9.17) is 5.53 Å². The van der Waals surface area contributed by atoms with Gasteiger partial charge in [0.05, 0.1) is 13.2 Å². The van der Waals surface area contributed by atoms with Crippen molar-refractivity contribution >= 4 is 5.97 Å². The van der Waals surface area contributed by atoms with E-state index in [0.717, 1.165) is 17.5 Å². The Morgan fingerprint density at radius 3 is 2.60 bits per heavy atom. The summed E-state index contributed by atoms with van der Waals surface area (Å²) in [4.78, 5) is 14.0. The third kappa shape index (κ3) is 5.62. The van der Waals surface area contributed by atoms with Gasteiger partial charge >= 0.3 is 5.97 Å². The molecule has 0 aromatic heterocycles. The lowest BCUT2D eigenvalue weighted by Crippen LogP contribution is -2.02. The molecule has 0 N–H and O–H groups in total. The van der Waals surface area contributed by atoms with Crippen molar-refractivity contribution in [1.29, 1.82) is 0 Å². The van der Waals surface area contributed by atoms with Crippen molar-refractivity contribution in [3.05, 3.63) is 81.5 Å². The molecule has 130 valence electrons. The number of aryl methyl sites for hydroxylation is 1. The standard InChI is InChI=1S/C19H20FN3O2/c1-25-19(24)8-4-5-14-9-11-15(12-10-14)18(22-23-21)13-16-6-2-3-7-17(16)20/h2-3,6-7,9-12,18H,4-5,8,13H2,1H3. The van der Waals surface area contributed by atoms with Crippen LogP contribution < -0.4 is 0 Å². The lowest BCUT2D eigenvalue weighted by atomic mass is 9.97. The van der Waals surface area contributed by atoms with Crippen LogP contribution >= 0.6 is 0 Å². The number of carbonyl (C=O) groups excluding carboxylic acids is 1. The summed E-state index contributed by atoms with van der Waals surface area (Å²) in [6, 6.07) is 13.7. The number of azide groups is 1. The van der Waals surface area contributed by atoms with E-state index in [9.17, 15) is 9.18 Å². The normalized spacial score (nSPS) is 11.4. The molecule has 2 rings (SSSR count). The van der Waals surface area contributed by atoms with Crippen LogP contribution in [0.4, 0.5) is 4.39 Å². The predicted molar refractivity (Wildman–Crippen MR) is 93.4 cm³/mol. The molecule has 0 radical (unpaired) electrons. The minimum atomic E-state index is -0.467. The van der Waals surface area contributed by atoms with Crippen molar-refractivity contribution in [2.24, 2.45) is 5.11 Å². The van der Waals surface area contributed by atoms with E-state index in [2.05, 4.69) is 14.8 Å². The number of hydrogen-bond acceptors (Lipinski definition) is 3. The number of rotatable bonds is 8. The predicted octanol–water partition coefficient (Wildman–Crippen LogP) is 4.92. The Balaban J connectivity index is 2.05. The number of hydrogen-bond donors (Lipinski definition) is 0. The fourth-order valence-corrected chi connectivity index (χ4v) is 2.61. The second-order valence-electron chi connectivity index (χ2n) is 5.69. The molecule has 0 aliphatic heterocycles. The van der Waals surface area contributed by atoms with Crippen molar-refractivity contribution in [3.63, 3.8) is 0 Å². The lowest BCUT2D eigenvalue weighted by Gasteiger charge is -2.13. The molecule has 0 bridgehead atoms. The van der Waals surface area contributed by atoms with Gasteiger partial charge in [-0.05, 0) is 47.6 Å². The van der Waals surface area contributed by atoms with Crippen LogP contribution in [0.1, 0.15) is 35.6 Å². The topological polar surface area (TPSA) is 75.1 Å². The van der Waals surface area contributed by atoms with Crippen molar-refractivity contribution in [2.45, 2.75) is 31.7 Å². The Morgan fingerprint density at radius 2 is 1.96 bits per heavy atom. The molecule has 6 heteroatoms. The summed E-state index contributed by atoms with van der Waals surface area (Å²) in [7, 11) is 1.38. The van der Waals surface area contributed by atoms with E-state index in [1.54, 1.807) is 18.2 Å². The molecule has 25 heavy (non-hydrogen) atoms. The molecule has 1 atom stereocenters. The molecule has 0 fully saturated rings. The quantitative estimate of drug-likeness (QED) is 0.296. The first-order valence-electron chi connectivity index (χ1n) is 8.07. The Morgan fingerprint density at radius 1 is 1.24 bits per heavy atom. The van der Waals surface area contributed by atoms with Crippen LogP contribution in [0, 0.1) is 5.82 Å². The van der Waals surface area contributed by atoms with Crippen molar-refractivity contribution in [3.8, 4) is 0 Å². The zero-order valence-corrected chi connectivity index (χ0v) is 14.1. The van der Waals surface area contributed by atoms with Crippen LogP contribution in [-0.4, -0.2) is 13.1 Å². The molecule has 0 aliphatic rings. The van der Waals surface area contributed by atoms with Crippen LogP contribution in [0.25, 0.3) is 10.4 Å². The van der Waals surface area contributed by atoms with Crippen LogP contribution in [0.2, 0.25) is 0 Å². The molecule has 0 spiro atoms. The molecule has 0 saturated carbocycles. The summed E-state index contributed by atoms with van der Waals surface area (Å²) in [6.07, 6.45) is 2.15. The Bertz CT molecular complexity index is 756. The van der Waals surface area contributed by atoms with Gasteiger partial charge in [0.1, 0.15) is 5.82 Å². The van der Waals surface area contributed by atoms with E-state index < -0.39 is 6.04 Å². The molecule has 0 aliphatic carbocycles. The van der Waals surface area contributed by atoms with Gasteiger partial charge < -0.3 is 4.74 Å². The van der Waals surface area contributed by atoms with E-state index in [0.29, 0.717) is 24.8 Å². The fraction of sp³-hybridized carbons (Fsp3) is 0.316. The van der Waals surface area contributed by atoms with E-state index in [1.807, 2.05) is 24.3 Å². The first-order chi connectivity index (χ1) is 12.1. The molecule has 5 nitrogen and oxygen atoms in total. The lowest BCUT2D eigenvalue weighted by molar-refractivity contribution is -0.140. The van der Waals surface area contributed by atoms with Gasteiger partial charge in [-0.15, -0.1) is 0 Å². The molecule has 2 aromatic carbocycles. The van der Waals surface area contributed by atoms with Crippen LogP contribution in [-0.2, 0) is 22.4 Å². The molecule has 0 heterocycles. The Hall–Kier alpha value is -2.85. The average molecular weight is 341 g/mol. The third-order valence-corrected chi connectivity index (χ3v) is 4.00. The van der Waals surface area contributed by atoms with Gasteiger partial charge in [-0.2, -0.15) is 0 Å². The number of benzene rings is 2. The van der Waals surface area contributed by atoms with E-state index in [1.165, 1.54) is 13.2 Å². The monoisotopic (exact) mass is 341 g/mol. The van der Waals surface area contributed by atoms with E-state index >= 15 is 0 Å². The van der Waals surface area contributed by atoms with Gasteiger partial charge in [0.25, 0.3) is 0 Å². The summed E-state index contributed by atoms with van der Waals surface area (Å²) in [5, 5.41) is 3.81. The summed E-state index contributed by atoms with van der Waals surface area (Å²) < 4.78 is 18.4. The van der Waals surface area contributed by atoms with Gasteiger partial charge in [0.2, 0.25) is 0 Å². The molecular weight excluding hydrogens is 321 g/mol. The molecule has 0 amide bonds. The van der Waals surface area contributed by atoms with Gasteiger partial charge in [-0.1, -0.05) is 47.6 Å². The largest absolute Gasteiger partial charge is 0.469 e. The highest BCUT2D eigenvalue weighted by Crippen LogP contribution is 2.24. The maximum absolute atomic E-state index is 13.8. The van der Waals surface area contributed by atoms with Crippen molar-refractivity contribution in [2.75, 3.05) is 7.11 Å². The average Bonchev–Trinajstić information content (AvgIpc) is 2.63. The number of methoxy groups -OCH3 is 1. The first kappa shape index (κ1) is 18.5. The number of ether oxygens (including phenoxy) is 1. The Kier molecular flexibility index (Phi) is 6.99. The summed E-state index contributed by atoms with van der Waals surface area (Å²) in [5.74, 6) is -0.523. The van der Waals surface area contributed by atoms with Crippen molar-refractivity contribution < 1.29 is 13.9 Å². The van der Waals surface area contributed by atoms with E-state index in [-0.39, 0.29) is 11.8 Å². The fourth-order valence-electron chi connectivity index (χ4n) is 2.61. The maximum atomic E-state index is 13.8. The molecule has 1 unspecified atom stereocenters. The minimum absolute atomic E-state index is 0.218. The SMILES string of the molecule is COC(=O)CCCc1ccc(C(Cc2ccccc2F)N=[N+]=[N-])cc1. The second kappa shape index (κ2) is 9.45. The molecule has 2 aromatic rings. The zero-order chi connectivity index (χ0) is 18.1. The Labute approximate surface area is 146 Å². The van der Waals surface area contributed by atoms with Crippen LogP contribution in [0.15, 0.2) is 53.6 Å². The van der Waals surface area contributed by atoms with Crippen LogP contribution in [0.3, 0.4) is 0 Å². The number of carbonyl (C=O) groups is 1. The summed E-state index contributed by atoms with van der Waals surface area (Å²) in [5.41, 5.74) is 11.2. The summed E-state index contributed by atoms with van der Waals surface area (Å²) >= 11 is 0. The zero-order valence-electron chi connectivity index (χ0n) is 14.1. The number of nitrogens with zero attached hydrogens (tertiary/aromatic N) is 3. The number of esters is 1. The molecule has 0 saturated heterocycles.